The van der Waals surface area contributed by atoms with Crippen LogP contribution in [0.1, 0.15) is 39.5 Å². The van der Waals surface area contributed by atoms with E-state index in [1.54, 1.807) is 0 Å². The summed E-state index contributed by atoms with van der Waals surface area (Å²) >= 11 is 0. The molecule has 0 aliphatic heterocycles. The first-order valence-corrected chi connectivity index (χ1v) is 5.62. The molecule has 88 valence electrons. The Labute approximate surface area is 90.7 Å². The van der Waals surface area contributed by atoms with Crippen molar-refractivity contribution >= 4 is 5.97 Å². The van der Waals surface area contributed by atoms with E-state index in [1.807, 2.05) is 0 Å². The molecule has 0 spiro atoms. The summed E-state index contributed by atoms with van der Waals surface area (Å²) in [5.41, 5.74) is -1.66. The van der Waals surface area contributed by atoms with Gasteiger partial charge < -0.3 is 15.5 Å². The van der Waals surface area contributed by atoms with Gasteiger partial charge in [-0.25, -0.2) is 4.79 Å². The highest BCUT2D eigenvalue weighted by Gasteiger charge is 2.31. The molecule has 0 aromatic heterocycles. The van der Waals surface area contributed by atoms with Gasteiger partial charge in [0.25, 0.3) is 0 Å². The lowest BCUT2D eigenvalue weighted by molar-refractivity contribution is -0.156. The summed E-state index contributed by atoms with van der Waals surface area (Å²) in [6.07, 6.45) is 4.96. The maximum atomic E-state index is 10.7. The van der Waals surface area contributed by atoms with Crippen molar-refractivity contribution in [2.24, 2.45) is 5.92 Å². The topological polar surface area (TPSA) is 69.6 Å². The summed E-state index contributed by atoms with van der Waals surface area (Å²) in [6, 6.07) is 0.290. The SMILES string of the molecule is C[C@H](NCC(C)(O)C(=O)O)C1CCCC1. The van der Waals surface area contributed by atoms with Gasteiger partial charge in [-0.05, 0) is 32.6 Å². The van der Waals surface area contributed by atoms with Crippen LogP contribution < -0.4 is 5.32 Å². The van der Waals surface area contributed by atoms with Crippen molar-refractivity contribution in [2.45, 2.75) is 51.2 Å². The van der Waals surface area contributed by atoms with E-state index in [-0.39, 0.29) is 6.54 Å². The largest absolute Gasteiger partial charge is 0.479 e. The Morgan fingerprint density at radius 1 is 1.53 bits per heavy atom. The third-order valence-electron chi connectivity index (χ3n) is 3.34. The maximum absolute atomic E-state index is 10.7. The van der Waals surface area contributed by atoms with Crippen LogP contribution in [0.2, 0.25) is 0 Å². The fourth-order valence-corrected chi connectivity index (χ4v) is 2.06. The Hall–Kier alpha value is -0.610. The Balaban J connectivity index is 2.32. The summed E-state index contributed by atoms with van der Waals surface area (Å²) in [5.74, 6) is -0.539. The summed E-state index contributed by atoms with van der Waals surface area (Å²) in [4.78, 5) is 10.7. The summed E-state index contributed by atoms with van der Waals surface area (Å²) in [5, 5.41) is 21.4. The lowest BCUT2D eigenvalue weighted by atomic mass is 9.98. The molecule has 0 heterocycles. The minimum atomic E-state index is -1.66. The molecule has 1 unspecified atom stereocenters. The van der Waals surface area contributed by atoms with Crippen LogP contribution in [-0.2, 0) is 4.79 Å². The predicted octanol–water partition coefficient (Wildman–Crippen LogP) is 0.990. The van der Waals surface area contributed by atoms with Gasteiger partial charge in [-0.3, -0.25) is 0 Å². The number of carbonyl (C=O) groups is 1. The number of rotatable bonds is 5. The van der Waals surface area contributed by atoms with E-state index >= 15 is 0 Å². The van der Waals surface area contributed by atoms with Gasteiger partial charge in [0, 0.05) is 12.6 Å². The molecular formula is C11H21NO3. The Bertz CT molecular complexity index is 222. The normalized spacial score (nSPS) is 23.7. The van der Waals surface area contributed by atoms with Crippen molar-refractivity contribution in [1.82, 2.24) is 5.32 Å². The Morgan fingerprint density at radius 2 is 2.07 bits per heavy atom. The Kier molecular flexibility index (Phi) is 4.11. The van der Waals surface area contributed by atoms with Crippen LogP contribution in [0.3, 0.4) is 0 Å². The molecule has 0 aromatic carbocycles. The van der Waals surface area contributed by atoms with Gasteiger partial charge in [0.15, 0.2) is 5.60 Å². The molecule has 1 rings (SSSR count). The van der Waals surface area contributed by atoms with Gasteiger partial charge in [0.05, 0.1) is 0 Å². The van der Waals surface area contributed by atoms with E-state index in [0.717, 1.165) is 0 Å². The lowest BCUT2D eigenvalue weighted by Gasteiger charge is -2.25. The first-order valence-electron chi connectivity index (χ1n) is 5.62. The maximum Gasteiger partial charge on any atom is 0.336 e. The van der Waals surface area contributed by atoms with Gasteiger partial charge in [0.2, 0.25) is 0 Å². The molecule has 4 heteroatoms. The van der Waals surface area contributed by atoms with E-state index in [1.165, 1.54) is 32.6 Å². The number of hydrogen-bond acceptors (Lipinski definition) is 3. The van der Waals surface area contributed by atoms with Crippen LogP contribution in [0.15, 0.2) is 0 Å². The summed E-state index contributed by atoms with van der Waals surface area (Å²) in [6.45, 7) is 3.50. The third kappa shape index (κ3) is 3.47. The number of hydrogen-bond donors (Lipinski definition) is 3. The molecule has 1 fully saturated rings. The van der Waals surface area contributed by atoms with Crippen LogP contribution in [0.4, 0.5) is 0 Å². The van der Waals surface area contributed by atoms with Gasteiger partial charge in [-0.1, -0.05) is 12.8 Å². The molecular weight excluding hydrogens is 194 g/mol. The summed E-state index contributed by atoms with van der Waals surface area (Å²) < 4.78 is 0. The molecule has 1 saturated carbocycles. The highest BCUT2D eigenvalue weighted by atomic mass is 16.4. The zero-order valence-corrected chi connectivity index (χ0v) is 9.49. The van der Waals surface area contributed by atoms with Crippen molar-refractivity contribution in [3.05, 3.63) is 0 Å². The van der Waals surface area contributed by atoms with Crippen LogP contribution in [0.25, 0.3) is 0 Å². The number of carboxylic acids is 1. The molecule has 4 nitrogen and oxygen atoms in total. The zero-order chi connectivity index (χ0) is 11.5. The number of carboxylic acid groups (broad SMARTS) is 1. The van der Waals surface area contributed by atoms with Crippen LogP contribution in [-0.4, -0.2) is 34.4 Å². The third-order valence-corrected chi connectivity index (χ3v) is 3.34. The molecule has 0 saturated heterocycles. The number of nitrogens with one attached hydrogen (secondary N) is 1. The second-order valence-electron chi connectivity index (χ2n) is 4.79. The molecule has 0 amide bonds. The van der Waals surface area contributed by atoms with E-state index in [2.05, 4.69) is 12.2 Å². The van der Waals surface area contributed by atoms with Gasteiger partial charge in [-0.15, -0.1) is 0 Å². The van der Waals surface area contributed by atoms with Crippen molar-refractivity contribution in [3.63, 3.8) is 0 Å². The quantitative estimate of drug-likeness (QED) is 0.639. The number of aliphatic carboxylic acids is 1. The molecule has 0 aromatic rings. The average molecular weight is 215 g/mol. The van der Waals surface area contributed by atoms with Crippen LogP contribution >= 0.6 is 0 Å². The second-order valence-corrected chi connectivity index (χ2v) is 4.79. The molecule has 0 bridgehead atoms. The van der Waals surface area contributed by atoms with Crippen molar-refractivity contribution in [2.75, 3.05) is 6.54 Å². The highest BCUT2D eigenvalue weighted by Crippen LogP contribution is 2.27. The van der Waals surface area contributed by atoms with E-state index in [0.29, 0.717) is 12.0 Å². The lowest BCUT2D eigenvalue weighted by Crippen LogP contribution is -2.48. The minimum Gasteiger partial charge on any atom is -0.479 e. The Morgan fingerprint density at radius 3 is 2.53 bits per heavy atom. The minimum absolute atomic E-state index is 0.111. The molecule has 15 heavy (non-hydrogen) atoms. The number of aliphatic hydroxyl groups is 1. The van der Waals surface area contributed by atoms with Crippen molar-refractivity contribution in [1.29, 1.82) is 0 Å². The van der Waals surface area contributed by atoms with Crippen LogP contribution in [0, 0.1) is 5.92 Å². The molecule has 1 aliphatic rings. The molecule has 3 N–H and O–H groups in total. The van der Waals surface area contributed by atoms with E-state index in [9.17, 15) is 9.90 Å². The fourth-order valence-electron chi connectivity index (χ4n) is 2.06. The van der Waals surface area contributed by atoms with Gasteiger partial charge in [-0.2, -0.15) is 0 Å². The van der Waals surface area contributed by atoms with Gasteiger partial charge >= 0.3 is 5.97 Å². The van der Waals surface area contributed by atoms with E-state index in [4.69, 9.17) is 5.11 Å². The van der Waals surface area contributed by atoms with Crippen molar-refractivity contribution in [3.8, 4) is 0 Å². The van der Waals surface area contributed by atoms with Crippen LogP contribution in [0.5, 0.6) is 0 Å². The standard InChI is InChI=1S/C11H21NO3/c1-8(9-5-3-4-6-9)12-7-11(2,15)10(13)14/h8-9,12,15H,3-7H2,1-2H3,(H,13,14)/t8-,11?/m0/s1. The van der Waals surface area contributed by atoms with Gasteiger partial charge in [0.1, 0.15) is 0 Å². The smallest absolute Gasteiger partial charge is 0.336 e. The second kappa shape index (κ2) is 4.94. The molecule has 1 aliphatic carbocycles. The summed E-state index contributed by atoms with van der Waals surface area (Å²) in [7, 11) is 0. The first-order chi connectivity index (χ1) is 6.93. The monoisotopic (exact) mass is 215 g/mol. The molecule has 0 radical (unpaired) electrons. The van der Waals surface area contributed by atoms with E-state index < -0.39 is 11.6 Å². The average Bonchev–Trinajstić information content (AvgIpc) is 2.66. The fraction of sp³-hybridized carbons (Fsp3) is 0.909. The zero-order valence-electron chi connectivity index (χ0n) is 9.49. The predicted molar refractivity (Wildman–Crippen MR) is 57.7 cm³/mol. The van der Waals surface area contributed by atoms with Crippen molar-refractivity contribution < 1.29 is 15.0 Å². The first kappa shape index (κ1) is 12.5. The highest BCUT2D eigenvalue weighted by molar-refractivity contribution is 5.76. The molecule has 2 atom stereocenters.